The SMILES string of the molecule is CNC(=O)[C@H](CC(N)=O)NC(=O)[C@H](NC(=O)[C@@H](N)CC(C)C)[C@H](O)c1ccc(OC)c(Cl)c1. The molecule has 1 aromatic rings. The third-order valence-electron chi connectivity index (χ3n) is 4.76. The Hall–Kier alpha value is -2.89. The van der Waals surface area contributed by atoms with E-state index >= 15 is 0 Å². The minimum Gasteiger partial charge on any atom is -0.495 e. The number of primary amides is 1. The molecular formula is C21H32ClN5O6. The second-order valence-corrected chi connectivity index (χ2v) is 8.31. The van der Waals surface area contributed by atoms with E-state index in [9.17, 15) is 24.3 Å². The van der Waals surface area contributed by atoms with Crippen molar-refractivity contribution in [3.63, 3.8) is 0 Å². The summed E-state index contributed by atoms with van der Waals surface area (Å²) in [5.41, 5.74) is 11.3. The van der Waals surface area contributed by atoms with E-state index in [4.69, 9.17) is 27.8 Å². The van der Waals surface area contributed by atoms with Crippen LogP contribution >= 0.6 is 11.6 Å². The number of aliphatic hydroxyl groups is 1. The van der Waals surface area contributed by atoms with Gasteiger partial charge in [0.05, 0.1) is 24.6 Å². The van der Waals surface area contributed by atoms with Crippen molar-refractivity contribution < 1.29 is 29.0 Å². The van der Waals surface area contributed by atoms with Crippen LogP contribution in [0.3, 0.4) is 0 Å². The molecule has 0 saturated heterocycles. The zero-order valence-electron chi connectivity index (χ0n) is 19.1. The number of nitrogens with two attached hydrogens (primary N) is 2. The number of carbonyl (C=O) groups is 4. The second-order valence-electron chi connectivity index (χ2n) is 7.91. The Kier molecular flexibility index (Phi) is 11.1. The molecule has 33 heavy (non-hydrogen) atoms. The number of rotatable bonds is 12. The average Bonchev–Trinajstić information content (AvgIpc) is 2.74. The summed E-state index contributed by atoms with van der Waals surface area (Å²) in [4.78, 5) is 49.1. The third kappa shape index (κ3) is 8.52. The summed E-state index contributed by atoms with van der Waals surface area (Å²) in [6.07, 6.45) is -1.71. The van der Waals surface area contributed by atoms with E-state index in [0.29, 0.717) is 12.2 Å². The lowest BCUT2D eigenvalue weighted by atomic mass is 9.99. The van der Waals surface area contributed by atoms with Gasteiger partial charge in [-0.1, -0.05) is 31.5 Å². The highest BCUT2D eigenvalue weighted by molar-refractivity contribution is 6.32. The Bertz CT molecular complexity index is 866. The van der Waals surface area contributed by atoms with Gasteiger partial charge in [0, 0.05) is 7.05 Å². The number of benzene rings is 1. The largest absolute Gasteiger partial charge is 0.495 e. The summed E-state index contributed by atoms with van der Waals surface area (Å²) in [5.74, 6) is -2.64. The highest BCUT2D eigenvalue weighted by Gasteiger charge is 2.34. The normalized spacial score (nSPS) is 14.5. The number of hydrogen-bond acceptors (Lipinski definition) is 7. The van der Waals surface area contributed by atoms with Gasteiger partial charge < -0.3 is 37.3 Å². The molecule has 0 spiro atoms. The van der Waals surface area contributed by atoms with Gasteiger partial charge in [-0.25, -0.2) is 0 Å². The summed E-state index contributed by atoms with van der Waals surface area (Å²) in [5, 5.41) is 18.2. The van der Waals surface area contributed by atoms with Gasteiger partial charge in [0.25, 0.3) is 0 Å². The van der Waals surface area contributed by atoms with Crippen LogP contribution in [0.15, 0.2) is 18.2 Å². The number of likely N-dealkylation sites (N-methyl/N-ethyl adjacent to an activating group) is 1. The maximum absolute atomic E-state index is 13.0. The van der Waals surface area contributed by atoms with Gasteiger partial charge >= 0.3 is 0 Å². The van der Waals surface area contributed by atoms with Crippen LogP contribution in [0.2, 0.25) is 5.02 Å². The van der Waals surface area contributed by atoms with Crippen LogP contribution in [-0.2, 0) is 19.2 Å². The van der Waals surface area contributed by atoms with Crippen molar-refractivity contribution in [3.05, 3.63) is 28.8 Å². The molecule has 4 atom stereocenters. The zero-order valence-corrected chi connectivity index (χ0v) is 19.8. The molecule has 8 N–H and O–H groups in total. The molecule has 0 heterocycles. The van der Waals surface area contributed by atoms with Crippen molar-refractivity contribution in [2.24, 2.45) is 17.4 Å². The lowest BCUT2D eigenvalue weighted by Crippen LogP contribution is -2.58. The van der Waals surface area contributed by atoms with Gasteiger partial charge in [-0.2, -0.15) is 0 Å². The molecule has 0 aliphatic heterocycles. The van der Waals surface area contributed by atoms with Crippen molar-refractivity contribution >= 4 is 35.2 Å². The minimum absolute atomic E-state index is 0.108. The van der Waals surface area contributed by atoms with Crippen molar-refractivity contribution in [2.75, 3.05) is 14.2 Å². The molecule has 12 heteroatoms. The van der Waals surface area contributed by atoms with Crippen molar-refractivity contribution in [3.8, 4) is 5.75 Å². The fourth-order valence-corrected chi connectivity index (χ4v) is 3.33. The van der Waals surface area contributed by atoms with Gasteiger partial charge in [0.2, 0.25) is 23.6 Å². The number of halogens is 1. The quantitative estimate of drug-likeness (QED) is 0.227. The maximum Gasteiger partial charge on any atom is 0.246 e. The Balaban J connectivity index is 3.25. The molecule has 4 amide bonds. The number of aliphatic hydroxyl groups excluding tert-OH is 1. The maximum atomic E-state index is 13.0. The summed E-state index contributed by atoms with van der Waals surface area (Å²) in [6, 6.07) is 0.534. The van der Waals surface area contributed by atoms with E-state index in [1.807, 2.05) is 13.8 Å². The molecule has 0 aromatic heterocycles. The monoisotopic (exact) mass is 485 g/mol. The minimum atomic E-state index is -1.57. The Morgan fingerprint density at radius 3 is 2.24 bits per heavy atom. The van der Waals surface area contributed by atoms with E-state index in [1.165, 1.54) is 32.4 Å². The highest BCUT2D eigenvalue weighted by Crippen LogP contribution is 2.29. The van der Waals surface area contributed by atoms with E-state index in [0.717, 1.165) is 0 Å². The number of hydrogen-bond donors (Lipinski definition) is 6. The topological polar surface area (TPSA) is 186 Å². The van der Waals surface area contributed by atoms with Crippen molar-refractivity contribution in [1.82, 2.24) is 16.0 Å². The summed E-state index contributed by atoms with van der Waals surface area (Å²) < 4.78 is 5.08. The first kappa shape index (κ1) is 28.1. The molecule has 0 radical (unpaired) electrons. The number of nitrogens with one attached hydrogen (secondary N) is 3. The van der Waals surface area contributed by atoms with Crippen LogP contribution in [0, 0.1) is 5.92 Å². The first-order valence-corrected chi connectivity index (χ1v) is 10.7. The van der Waals surface area contributed by atoms with E-state index in [1.54, 1.807) is 0 Å². The van der Waals surface area contributed by atoms with E-state index in [-0.39, 0.29) is 16.5 Å². The predicted octanol–water partition coefficient (Wildman–Crippen LogP) is -0.654. The van der Waals surface area contributed by atoms with Crippen LogP contribution in [0.5, 0.6) is 5.75 Å². The van der Waals surface area contributed by atoms with Crippen LogP contribution in [0.4, 0.5) is 0 Å². The Morgan fingerprint density at radius 1 is 1.12 bits per heavy atom. The highest BCUT2D eigenvalue weighted by atomic mass is 35.5. The molecule has 0 aliphatic rings. The summed E-state index contributed by atoms with van der Waals surface area (Å²) in [6.45, 7) is 3.76. The van der Waals surface area contributed by atoms with Crippen LogP contribution in [-0.4, -0.2) is 61.0 Å². The Labute approximate surface area is 197 Å². The van der Waals surface area contributed by atoms with Crippen LogP contribution in [0.25, 0.3) is 0 Å². The molecule has 0 unspecified atom stereocenters. The van der Waals surface area contributed by atoms with Gasteiger partial charge in [-0.3, -0.25) is 19.2 Å². The molecule has 184 valence electrons. The van der Waals surface area contributed by atoms with Crippen LogP contribution in [0.1, 0.15) is 38.4 Å². The summed E-state index contributed by atoms with van der Waals surface area (Å²) in [7, 11) is 2.74. The van der Waals surface area contributed by atoms with Crippen molar-refractivity contribution in [1.29, 1.82) is 0 Å². The lowest BCUT2D eigenvalue weighted by Gasteiger charge is -2.27. The molecule has 0 aliphatic carbocycles. The molecule has 0 saturated carbocycles. The molecule has 0 fully saturated rings. The lowest BCUT2D eigenvalue weighted by molar-refractivity contribution is -0.135. The number of carbonyl (C=O) groups excluding carboxylic acids is 4. The van der Waals surface area contributed by atoms with Crippen molar-refractivity contribution in [2.45, 2.75) is 50.9 Å². The molecule has 0 bridgehead atoms. The first-order valence-electron chi connectivity index (χ1n) is 10.3. The van der Waals surface area contributed by atoms with Gasteiger partial charge in [-0.15, -0.1) is 0 Å². The standard InChI is InChI=1S/C21H32ClN5O6/c1-10(2)7-13(23)19(30)27-17(18(29)11-5-6-15(33-4)12(22)8-11)21(32)26-14(9-16(24)28)20(31)25-3/h5-6,8,10,13-14,17-18,29H,7,9,23H2,1-4H3,(H2,24,28)(H,25,31)(H,26,32)(H,27,30)/t13-,14-,17+,18+/m0/s1. The number of amides is 4. The third-order valence-corrected chi connectivity index (χ3v) is 5.06. The fraction of sp³-hybridized carbons (Fsp3) is 0.524. The zero-order chi connectivity index (χ0) is 25.3. The molecule has 11 nitrogen and oxygen atoms in total. The first-order chi connectivity index (χ1) is 15.4. The van der Waals surface area contributed by atoms with Crippen LogP contribution < -0.4 is 32.2 Å². The predicted molar refractivity (Wildman–Crippen MR) is 122 cm³/mol. The second kappa shape index (κ2) is 13.0. The average molecular weight is 486 g/mol. The smallest absolute Gasteiger partial charge is 0.246 e. The Morgan fingerprint density at radius 2 is 1.76 bits per heavy atom. The molecule has 1 rings (SSSR count). The number of ether oxygens (including phenoxy) is 1. The van der Waals surface area contributed by atoms with Gasteiger partial charge in [0.15, 0.2) is 0 Å². The molecular weight excluding hydrogens is 454 g/mol. The van der Waals surface area contributed by atoms with Gasteiger partial charge in [-0.05, 0) is 30.0 Å². The van der Waals surface area contributed by atoms with E-state index in [2.05, 4.69) is 16.0 Å². The molecule has 1 aromatic carbocycles. The van der Waals surface area contributed by atoms with E-state index < -0.39 is 54.3 Å². The summed E-state index contributed by atoms with van der Waals surface area (Å²) >= 11 is 6.12. The van der Waals surface area contributed by atoms with Gasteiger partial charge in [0.1, 0.15) is 23.9 Å². The number of methoxy groups -OCH3 is 1. The fourth-order valence-electron chi connectivity index (χ4n) is 3.07.